The fourth-order valence-electron chi connectivity index (χ4n) is 2.36. The molecule has 0 fully saturated rings. The van der Waals surface area contributed by atoms with E-state index in [0.29, 0.717) is 27.6 Å². The molecule has 0 aliphatic rings. The van der Waals surface area contributed by atoms with Crippen molar-refractivity contribution in [3.05, 3.63) is 62.7 Å². The molecule has 0 radical (unpaired) electrons. The SMILES string of the molecule is CCC(C)Oc1c(Cl)cc(C=C(C#N)c2cccc([N+](=O)[O-])c2)cc1OC. The zero-order valence-corrected chi connectivity index (χ0v) is 16.0. The molecule has 27 heavy (non-hydrogen) atoms. The molecule has 2 rings (SSSR count). The second-order valence-electron chi connectivity index (χ2n) is 5.85. The Morgan fingerprint density at radius 2 is 2.15 bits per heavy atom. The summed E-state index contributed by atoms with van der Waals surface area (Å²) in [5.41, 5.74) is 1.26. The summed E-state index contributed by atoms with van der Waals surface area (Å²) in [6.07, 6.45) is 2.38. The zero-order valence-electron chi connectivity index (χ0n) is 15.2. The predicted molar refractivity (Wildman–Crippen MR) is 105 cm³/mol. The molecule has 140 valence electrons. The highest BCUT2D eigenvalue weighted by Crippen LogP contribution is 2.38. The van der Waals surface area contributed by atoms with Gasteiger partial charge in [0.2, 0.25) is 0 Å². The van der Waals surface area contributed by atoms with Crippen LogP contribution in [0, 0.1) is 21.4 Å². The maximum Gasteiger partial charge on any atom is 0.270 e. The van der Waals surface area contributed by atoms with Crippen molar-refractivity contribution in [1.29, 1.82) is 5.26 Å². The molecule has 0 heterocycles. The highest BCUT2D eigenvalue weighted by Gasteiger charge is 2.15. The molecule has 0 aliphatic heterocycles. The summed E-state index contributed by atoms with van der Waals surface area (Å²) in [6.45, 7) is 3.93. The number of benzene rings is 2. The van der Waals surface area contributed by atoms with Crippen molar-refractivity contribution in [2.45, 2.75) is 26.4 Å². The van der Waals surface area contributed by atoms with Crippen LogP contribution in [0.15, 0.2) is 36.4 Å². The highest BCUT2D eigenvalue weighted by molar-refractivity contribution is 6.32. The Bertz CT molecular complexity index is 919. The lowest BCUT2D eigenvalue weighted by Crippen LogP contribution is -2.11. The van der Waals surface area contributed by atoms with Crippen LogP contribution in [0.4, 0.5) is 5.69 Å². The quantitative estimate of drug-likeness (QED) is 0.271. The van der Waals surface area contributed by atoms with Crippen molar-refractivity contribution >= 4 is 28.9 Å². The van der Waals surface area contributed by atoms with E-state index in [1.807, 2.05) is 13.8 Å². The van der Waals surface area contributed by atoms with Gasteiger partial charge in [0.25, 0.3) is 5.69 Å². The van der Waals surface area contributed by atoms with Crippen LogP contribution in [0.2, 0.25) is 5.02 Å². The van der Waals surface area contributed by atoms with Gasteiger partial charge in [-0.25, -0.2) is 0 Å². The molecule has 0 aromatic heterocycles. The smallest absolute Gasteiger partial charge is 0.270 e. The first-order chi connectivity index (χ1) is 12.9. The molecule has 1 atom stereocenters. The maximum atomic E-state index is 11.0. The second-order valence-corrected chi connectivity index (χ2v) is 6.26. The summed E-state index contributed by atoms with van der Waals surface area (Å²) < 4.78 is 11.2. The number of hydrogen-bond donors (Lipinski definition) is 0. The highest BCUT2D eigenvalue weighted by atomic mass is 35.5. The van der Waals surface area contributed by atoms with Crippen molar-refractivity contribution in [2.24, 2.45) is 0 Å². The average molecular weight is 387 g/mol. The molecular formula is C20H19ClN2O4. The van der Waals surface area contributed by atoms with Gasteiger partial charge in [-0.15, -0.1) is 0 Å². The number of methoxy groups -OCH3 is 1. The van der Waals surface area contributed by atoms with E-state index in [2.05, 4.69) is 6.07 Å². The number of non-ortho nitro benzene ring substituents is 1. The first-order valence-corrected chi connectivity index (χ1v) is 8.68. The van der Waals surface area contributed by atoms with Gasteiger partial charge in [-0.1, -0.05) is 30.7 Å². The van der Waals surface area contributed by atoms with E-state index < -0.39 is 4.92 Å². The van der Waals surface area contributed by atoms with Gasteiger partial charge in [0.15, 0.2) is 11.5 Å². The van der Waals surface area contributed by atoms with Gasteiger partial charge in [0.1, 0.15) is 0 Å². The first-order valence-electron chi connectivity index (χ1n) is 8.30. The van der Waals surface area contributed by atoms with Gasteiger partial charge >= 0.3 is 0 Å². The van der Waals surface area contributed by atoms with Gasteiger partial charge in [-0.05, 0) is 42.7 Å². The van der Waals surface area contributed by atoms with Crippen LogP contribution in [-0.4, -0.2) is 18.1 Å². The Hall–Kier alpha value is -3.04. The summed E-state index contributed by atoms with van der Waals surface area (Å²) in [4.78, 5) is 10.5. The number of ether oxygens (including phenoxy) is 2. The Morgan fingerprint density at radius 3 is 2.74 bits per heavy atom. The Labute approximate surface area is 162 Å². The monoisotopic (exact) mass is 386 g/mol. The maximum absolute atomic E-state index is 11.0. The standard InChI is InChI=1S/C20H19ClN2O4/c1-4-13(2)27-20-18(21)9-14(10-19(20)26-3)8-16(12-22)15-6-5-7-17(11-15)23(24)25/h5-11,13H,4H2,1-3H3. The van der Waals surface area contributed by atoms with E-state index in [1.165, 1.54) is 25.3 Å². The fourth-order valence-corrected chi connectivity index (χ4v) is 2.62. The molecule has 0 amide bonds. The molecule has 2 aromatic carbocycles. The normalized spacial score (nSPS) is 12.2. The predicted octanol–water partition coefficient (Wildman–Crippen LogP) is 5.50. The van der Waals surface area contributed by atoms with E-state index in [1.54, 1.807) is 24.3 Å². The molecular weight excluding hydrogens is 368 g/mol. The van der Waals surface area contributed by atoms with Crippen LogP contribution >= 0.6 is 11.6 Å². The minimum absolute atomic E-state index is 0.0303. The van der Waals surface area contributed by atoms with E-state index in [0.717, 1.165) is 6.42 Å². The molecule has 0 saturated heterocycles. The van der Waals surface area contributed by atoms with Crippen molar-refractivity contribution < 1.29 is 14.4 Å². The Kier molecular flexibility index (Phi) is 6.80. The zero-order chi connectivity index (χ0) is 20.0. The van der Waals surface area contributed by atoms with Crippen LogP contribution in [0.25, 0.3) is 11.6 Å². The third kappa shape index (κ3) is 4.99. The molecule has 0 spiro atoms. The number of allylic oxidation sites excluding steroid dienone is 1. The third-order valence-corrected chi connectivity index (χ3v) is 4.23. The fraction of sp³-hybridized carbons (Fsp3) is 0.250. The number of nitro groups is 1. The van der Waals surface area contributed by atoms with Gasteiger partial charge in [0.05, 0.1) is 34.8 Å². The van der Waals surface area contributed by atoms with Crippen molar-refractivity contribution in [2.75, 3.05) is 7.11 Å². The minimum atomic E-state index is -0.501. The van der Waals surface area contributed by atoms with Crippen LogP contribution in [0.1, 0.15) is 31.4 Å². The van der Waals surface area contributed by atoms with Crippen molar-refractivity contribution in [3.8, 4) is 17.6 Å². The number of hydrogen-bond acceptors (Lipinski definition) is 5. The number of nitriles is 1. The van der Waals surface area contributed by atoms with E-state index >= 15 is 0 Å². The second kappa shape index (κ2) is 9.06. The van der Waals surface area contributed by atoms with E-state index in [-0.39, 0.29) is 17.4 Å². The average Bonchev–Trinajstić information content (AvgIpc) is 2.67. The Balaban J connectivity index is 2.47. The first kappa shape index (κ1) is 20.3. The molecule has 0 N–H and O–H groups in total. The number of halogens is 1. The van der Waals surface area contributed by atoms with Gasteiger partial charge in [-0.3, -0.25) is 10.1 Å². The van der Waals surface area contributed by atoms with Crippen LogP contribution in [-0.2, 0) is 0 Å². The van der Waals surface area contributed by atoms with Gasteiger partial charge in [-0.2, -0.15) is 5.26 Å². The molecule has 1 unspecified atom stereocenters. The lowest BCUT2D eigenvalue weighted by atomic mass is 10.0. The lowest BCUT2D eigenvalue weighted by molar-refractivity contribution is -0.384. The molecule has 0 aliphatic carbocycles. The summed E-state index contributed by atoms with van der Waals surface area (Å²) in [5.74, 6) is 0.893. The molecule has 6 nitrogen and oxygen atoms in total. The van der Waals surface area contributed by atoms with Crippen LogP contribution in [0.5, 0.6) is 11.5 Å². The number of rotatable bonds is 7. The number of nitrogens with zero attached hydrogens (tertiary/aromatic N) is 2. The van der Waals surface area contributed by atoms with Crippen LogP contribution < -0.4 is 9.47 Å². The molecule has 2 aromatic rings. The van der Waals surface area contributed by atoms with Crippen LogP contribution in [0.3, 0.4) is 0 Å². The van der Waals surface area contributed by atoms with E-state index in [4.69, 9.17) is 21.1 Å². The molecule has 7 heteroatoms. The summed E-state index contributed by atoms with van der Waals surface area (Å²) in [6, 6.07) is 11.3. The topological polar surface area (TPSA) is 85.4 Å². The summed E-state index contributed by atoms with van der Waals surface area (Å²) in [7, 11) is 1.51. The van der Waals surface area contributed by atoms with Gasteiger partial charge < -0.3 is 9.47 Å². The largest absolute Gasteiger partial charge is 0.493 e. The molecule has 0 bridgehead atoms. The van der Waals surface area contributed by atoms with E-state index in [9.17, 15) is 15.4 Å². The lowest BCUT2D eigenvalue weighted by Gasteiger charge is -2.17. The van der Waals surface area contributed by atoms with Crippen molar-refractivity contribution in [1.82, 2.24) is 0 Å². The number of nitro benzene ring substituents is 1. The Morgan fingerprint density at radius 1 is 1.41 bits per heavy atom. The third-order valence-electron chi connectivity index (χ3n) is 3.95. The minimum Gasteiger partial charge on any atom is -0.493 e. The molecule has 0 saturated carbocycles. The van der Waals surface area contributed by atoms with Gasteiger partial charge in [0, 0.05) is 12.1 Å². The summed E-state index contributed by atoms with van der Waals surface area (Å²) in [5, 5.41) is 20.8. The summed E-state index contributed by atoms with van der Waals surface area (Å²) >= 11 is 6.35. The van der Waals surface area contributed by atoms with Crippen molar-refractivity contribution in [3.63, 3.8) is 0 Å².